The molecule has 5 heteroatoms. The maximum absolute atomic E-state index is 12.6. The Morgan fingerprint density at radius 2 is 1.95 bits per heavy atom. The number of nitrogens with zero attached hydrogens (tertiary/aromatic N) is 1. The van der Waals surface area contributed by atoms with Crippen LogP contribution < -0.4 is 0 Å². The van der Waals surface area contributed by atoms with Crippen LogP contribution in [-0.4, -0.2) is 28.2 Å². The molecule has 1 spiro atoms. The van der Waals surface area contributed by atoms with Gasteiger partial charge < -0.3 is 9.29 Å². The lowest BCUT2D eigenvalue weighted by molar-refractivity contribution is 0.0477. The Hall–Kier alpha value is -0.360. The summed E-state index contributed by atoms with van der Waals surface area (Å²) in [5.74, 6) is 0. The lowest BCUT2D eigenvalue weighted by atomic mass is 9.76. The van der Waals surface area contributed by atoms with Crippen LogP contribution in [0.3, 0.4) is 0 Å². The van der Waals surface area contributed by atoms with E-state index in [0.717, 1.165) is 48.2 Å². The summed E-state index contributed by atoms with van der Waals surface area (Å²) in [6.45, 7) is 7.44. The van der Waals surface area contributed by atoms with Crippen LogP contribution in [0.5, 0.6) is 0 Å². The normalized spacial score (nSPS) is 23.8. The van der Waals surface area contributed by atoms with Gasteiger partial charge >= 0.3 is 0 Å². The third kappa shape index (κ3) is 3.01. The van der Waals surface area contributed by atoms with Gasteiger partial charge in [0.1, 0.15) is 21.8 Å². The van der Waals surface area contributed by atoms with E-state index < -0.39 is 11.4 Å². The zero-order valence-electron chi connectivity index (χ0n) is 13.3. The van der Waals surface area contributed by atoms with Crippen molar-refractivity contribution in [2.45, 2.75) is 44.8 Å². The number of hydrogen-bond acceptors (Lipinski definition) is 3. The Balaban J connectivity index is 2.08. The number of fused-ring (bicyclic) bond motifs is 1. The summed E-state index contributed by atoms with van der Waals surface area (Å²) in [6.07, 6.45) is 2.90. The maximum Gasteiger partial charge on any atom is 0.144 e. The largest absolute Gasteiger partial charge is 0.591 e. The molecular formula is C17H22BrNO2S. The third-order valence-electron chi connectivity index (χ3n) is 4.51. The number of benzene rings is 1. The van der Waals surface area contributed by atoms with Crippen molar-refractivity contribution in [1.29, 1.82) is 0 Å². The summed E-state index contributed by atoms with van der Waals surface area (Å²) in [5.41, 5.74) is 3.51. The predicted octanol–water partition coefficient (Wildman–Crippen LogP) is 4.05. The van der Waals surface area contributed by atoms with E-state index in [9.17, 15) is 4.55 Å². The fraction of sp³-hybridized carbons (Fsp3) is 0.588. The first-order valence-electron chi connectivity index (χ1n) is 7.70. The van der Waals surface area contributed by atoms with Gasteiger partial charge in [-0.3, -0.25) is 0 Å². The van der Waals surface area contributed by atoms with Crippen molar-refractivity contribution in [3.63, 3.8) is 0 Å². The highest BCUT2D eigenvalue weighted by Gasteiger charge is 2.46. The van der Waals surface area contributed by atoms with E-state index in [0.29, 0.717) is 0 Å². The molecule has 0 N–H and O–H groups in total. The molecule has 22 heavy (non-hydrogen) atoms. The van der Waals surface area contributed by atoms with Crippen LogP contribution in [-0.2, 0) is 22.5 Å². The second kappa shape index (κ2) is 5.93. The highest BCUT2D eigenvalue weighted by molar-refractivity contribution is 9.10. The maximum atomic E-state index is 12.6. The zero-order valence-corrected chi connectivity index (χ0v) is 15.7. The molecule has 1 atom stereocenters. The Morgan fingerprint density at radius 3 is 2.59 bits per heavy atom. The van der Waals surface area contributed by atoms with Crippen molar-refractivity contribution in [3.8, 4) is 0 Å². The molecule has 2 aliphatic rings. The summed E-state index contributed by atoms with van der Waals surface area (Å²) in [4.78, 5) is 0. The number of halogens is 1. The number of hydrogen-bond donors (Lipinski definition) is 0. The molecule has 0 bridgehead atoms. The number of rotatable bonds is 1. The second-order valence-electron chi connectivity index (χ2n) is 7.17. The van der Waals surface area contributed by atoms with E-state index in [1.807, 2.05) is 20.8 Å². The summed E-state index contributed by atoms with van der Waals surface area (Å²) in [7, 11) is 0. The summed E-state index contributed by atoms with van der Waals surface area (Å²) < 4.78 is 23.6. The minimum Gasteiger partial charge on any atom is -0.591 e. The van der Waals surface area contributed by atoms with Crippen LogP contribution in [0.25, 0.3) is 0 Å². The van der Waals surface area contributed by atoms with Crippen LogP contribution in [0.15, 0.2) is 27.1 Å². The van der Waals surface area contributed by atoms with E-state index in [1.54, 1.807) is 0 Å². The molecule has 1 aromatic carbocycles. The van der Waals surface area contributed by atoms with Crippen molar-refractivity contribution in [2.75, 3.05) is 13.2 Å². The minimum atomic E-state index is -1.24. The third-order valence-corrected chi connectivity index (χ3v) is 6.40. The lowest BCUT2D eigenvalue weighted by Crippen LogP contribution is -2.37. The van der Waals surface area contributed by atoms with Gasteiger partial charge in [-0.1, -0.05) is 26.4 Å². The standard InChI is InChI=1S/C17H22BrNO2S/c1-16(2,3)22(20)19-15-14-10-13(18)5-4-12(14)11-17(15)6-8-21-9-7-17/h4-5,10H,6-9,11H2,1-3H3/b19-15+. The summed E-state index contributed by atoms with van der Waals surface area (Å²) in [6, 6.07) is 6.37. The molecule has 3 nitrogen and oxygen atoms in total. The molecule has 0 saturated carbocycles. The van der Waals surface area contributed by atoms with Crippen molar-refractivity contribution in [2.24, 2.45) is 9.81 Å². The van der Waals surface area contributed by atoms with Gasteiger partial charge in [0.15, 0.2) is 0 Å². The Labute approximate surface area is 144 Å². The van der Waals surface area contributed by atoms with E-state index in [-0.39, 0.29) is 10.2 Å². The highest BCUT2D eigenvalue weighted by atomic mass is 79.9. The molecule has 120 valence electrons. The Kier molecular flexibility index (Phi) is 4.45. The summed E-state index contributed by atoms with van der Waals surface area (Å²) in [5, 5.41) is 0. The SMILES string of the molecule is CC(C)(C)[S+]([O-])/N=C1\c2cc(Br)ccc2CC12CCOCC2. The van der Waals surface area contributed by atoms with Crippen molar-refractivity contribution >= 4 is 33.0 Å². The smallest absolute Gasteiger partial charge is 0.144 e. The molecule has 1 aromatic rings. The molecule has 0 aromatic heterocycles. The van der Waals surface area contributed by atoms with E-state index in [1.165, 1.54) is 5.56 Å². The average Bonchev–Trinajstić information content (AvgIpc) is 2.72. The van der Waals surface area contributed by atoms with Gasteiger partial charge in [-0.05, 0) is 57.7 Å². The monoisotopic (exact) mass is 383 g/mol. The van der Waals surface area contributed by atoms with Crippen LogP contribution in [0.1, 0.15) is 44.7 Å². The van der Waals surface area contributed by atoms with Gasteiger partial charge in [0.25, 0.3) is 0 Å². The first kappa shape index (κ1) is 16.5. The van der Waals surface area contributed by atoms with Crippen molar-refractivity contribution in [1.82, 2.24) is 0 Å². The predicted molar refractivity (Wildman–Crippen MR) is 94.8 cm³/mol. The Bertz CT molecular complexity index is 603. The van der Waals surface area contributed by atoms with Crippen molar-refractivity contribution in [3.05, 3.63) is 33.8 Å². The quantitative estimate of drug-likeness (QED) is 0.686. The first-order chi connectivity index (χ1) is 10.3. The zero-order chi connectivity index (χ0) is 16.0. The lowest BCUT2D eigenvalue weighted by Gasteiger charge is -2.33. The molecule has 3 rings (SSSR count). The molecule has 1 aliphatic carbocycles. The van der Waals surface area contributed by atoms with Gasteiger partial charge in [0.2, 0.25) is 0 Å². The van der Waals surface area contributed by atoms with E-state index in [4.69, 9.17) is 9.13 Å². The fourth-order valence-corrected chi connectivity index (χ4v) is 4.29. The van der Waals surface area contributed by atoms with Gasteiger partial charge in [-0.15, -0.1) is 0 Å². The fourth-order valence-electron chi connectivity index (χ4n) is 3.20. The second-order valence-corrected chi connectivity index (χ2v) is 9.99. The van der Waals surface area contributed by atoms with Crippen LogP contribution in [0.4, 0.5) is 0 Å². The Morgan fingerprint density at radius 1 is 1.27 bits per heavy atom. The van der Waals surface area contributed by atoms with E-state index >= 15 is 0 Å². The minimum absolute atomic E-state index is 0.00227. The first-order valence-corrected chi connectivity index (χ1v) is 9.60. The van der Waals surface area contributed by atoms with Gasteiger partial charge in [0.05, 0.1) is 0 Å². The van der Waals surface area contributed by atoms with Crippen molar-refractivity contribution < 1.29 is 9.29 Å². The molecule has 1 unspecified atom stereocenters. The van der Waals surface area contributed by atoms with Crippen LogP contribution >= 0.6 is 15.9 Å². The highest BCUT2D eigenvalue weighted by Crippen LogP contribution is 2.46. The molecule has 1 aliphatic heterocycles. The summed E-state index contributed by atoms with van der Waals surface area (Å²) >= 11 is 2.32. The van der Waals surface area contributed by atoms with E-state index in [2.05, 4.69) is 34.1 Å². The van der Waals surface area contributed by atoms with Gasteiger partial charge in [0, 0.05) is 28.7 Å². The van der Waals surface area contributed by atoms with Crippen LogP contribution in [0.2, 0.25) is 0 Å². The average molecular weight is 384 g/mol. The molecule has 0 radical (unpaired) electrons. The van der Waals surface area contributed by atoms with Crippen LogP contribution in [0, 0.1) is 5.41 Å². The topological polar surface area (TPSA) is 44.7 Å². The molecule has 1 saturated heterocycles. The van der Waals surface area contributed by atoms with Gasteiger partial charge in [-0.25, -0.2) is 0 Å². The molecule has 0 amide bonds. The molecular weight excluding hydrogens is 362 g/mol. The molecule has 1 fully saturated rings. The molecule has 1 heterocycles. The number of ether oxygens (including phenoxy) is 1. The van der Waals surface area contributed by atoms with Gasteiger partial charge in [-0.2, -0.15) is 0 Å².